The lowest BCUT2D eigenvalue weighted by molar-refractivity contribution is -0.904. The molecule has 0 radical (unpaired) electrons. The van der Waals surface area contributed by atoms with E-state index in [9.17, 15) is 14.4 Å². The van der Waals surface area contributed by atoms with Gasteiger partial charge >= 0.3 is 0 Å². The molecule has 28 heavy (non-hydrogen) atoms. The van der Waals surface area contributed by atoms with Gasteiger partial charge in [-0.15, -0.1) is 0 Å². The maximum absolute atomic E-state index is 12.7. The average Bonchev–Trinajstić information content (AvgIpc) is 2.60. The highest BCUT2D eigenvalue weighted by molar-refractivity contribution is 5.95. The van der Waals surface area contributed by atoms with Gasteiger partial charge in [-0.05, 0) is 37.6 Å². The molecule has 1 aromatic carbocycles. The second-order valence-corrected chi connectivity index (χ2v) is 8.00. The van der Waals surface area contributed by atoms with Crippen LogP contribution in [0, 0.1) is 11.8 Å². The van der Waals surface area contributed by atoms with Crippen molar-refractivity contribution in [1.82, 2.24) is 4.90 Å². The van der Waals surface area contributed by atoms with Gasteiger partial charge in [0, 0.05) is 36.7 Å². The predicted octanol–water partition coefficient (Wildman–Crippen LogP) is 0.993. The number of hydrogen-bond donors (Lipinski definition) is 3. The molecule has 1 aromatic rings. The Morgan fingerprint density at radius 3 is 2.07 bits per heavy atom. The third-order valence-electron chi connectivity index (χ3n) is 5.04. The zero-order chi connectivity index (χ0) is 20.7. The molecule has 1 fully saturated rings. The molecule has 3 N–H and O–H groups in total. The maximum Gasteiger partial charge on any atom is 0.278 e. The summed E-state index contributed by atoms with van der Waals surface area (Å²) in [5, 5.41) is 5.49. The normalized spacial score (nSPS) is 21.6. The van der Waals surface area contributed by atoms with Crippen LogP contribution in [0.4, 0.5) is 11.4 Å². The number of nitrogens with one attached hydrogen (secondary N) is 3. The van der Waals surface area contributed by atoms with Crippen LogP contribution in [0.3, 0.4) is 0 Å². The lowest BCUT2D eigenvalue weighted by atomic mass is 9.92. The first kappa shape index (κ1) is 21.9. The molecule has 0 aromatic heterocycles. The summed E-state index contributed by atoms with van der Waals surface area (Å²) in [5.41, 5.74) is 1.30. The Balaban J connectivity index is 1.86. The van der Waals surface area contributed by atoms with Crippen molar-refractivity contribution in [1.29, 1.82) is 0 Å². The van der Waals surface area contributed by atoms with Crippen LogP contribution in [0.5, 0.6) is 0 Å². The summed E-state index contributed by atoms with van der Waals surface area (Å²) in [6, 6.07) is 6.90. The van der Waals surface area contributed by atoms with Gasteiger partial charge in [-0.25, -0.2) is 0 Å². The molecule has 3 amide bonds. The Labute approximate surface area is 167 Å². The van der Waals surface area contributed by atoms with E-state index in [2.05, 4.69) is 24.5 Å². The van der Waals surface area contributed by atoms with Crippen LogP contribution in [0.2, 0.25) is 0 Å². The highest BCUT2D eigenvalue weighted by Crippen LogP contribution is 2.14. The fraction of sp³-hybridized carbons (Fsp3) is 0.571. The van der Waals surface area contributed by atoms with Gasteiger partial charge in [0.1, 0.15) is 6.54 Å². The molecule has 7 nitrogen and oxygen atoms in total. The van der Waals surface area contributed by atoms with E-state index in [-0.39, 0.29) is 24.3 Å². The number of carbonyl (C=O) groups is 3. The summed E-state index contributed by atoms with van der Waals surface area (Å²) in [7, 11) is 0. The molecule has 2 atom stereocenters. The molecule has 2 rings (SSSR count). The van der Waals surface area contributed by atoms with E-state index in [0.717, 1.165) is 13.1 Å². The smallest absolute Gasteiger partial charge is 0.278 e. The third kappa shape index (κ3) is 6.96. The van der Waals surface area contributed by atoms with Gasteiger partial charge in [0.2, 0.25) is 11.8 Å². The highest BCUT2D eigenvalue weighted by Gasteiger charge is 2.28. The van der Waals surface area contributed by atoms with E-state index in [4.69, 9.17) is 0 Å². The van der Waals surface area contributed by atoms with Gasteiger partial charge in [0.15, 0.2) is 6.54 Å². The molecule has 154 valence electrons. The van der Waals surface area contributed by atoms with Crippen molar-refractivity contribution in [2.75, 3.05) is 43.4 Å². The third-order valence-corrected chi connectivity index (χ3v) is 5.04. The van der Waals surface area contributed by atoms with Crippen molar-refractivity contribution in [3.05, 3.63) is 24.3 Å². The number of benzene rings is 1. The standard InChI is InChI=1S/C21H32N4O3/c1-5-25(21(28)14-24-11-15(2)10-16(3)12-24)13-20(27)23-19-8-6-18(7-9-19)22-17(4)26/h6-9,15-16H,5,10-14H2,1-4H3,(H,22,26)(H,23,27)/p+1/t15-,16-/m0/s1. The number of nitrogens with zero attached hydrogens (tertiary/aromatic N) is 1. The maximum atomic E-state index is 12.7. The quantitative estimate of drug-likeness (QED) is 0.650. The summed E-state index contributed by atoms with van der Waals surface area (Å²) < 4.78 is 0. The van der Waals surface area contributed by atoms with E-state index in [1.807, 2.05) is 6.92 Å². The summed E-state index contributed by atoms with van der Waals surface area (Å²) in [6.07, 6.45) is 1.22. The van der Waals surface area contributed by atoms with Crippen molar-refractivity contribution >= 4 is 29.1 Å². The number of likely N-dealkylation sites (N-methyl/N-ethyl adjacent to an activating group) is 1. The molecule has 0 bridgehead atoms. The van der Waals surface area contributed by atoms with Crippen LogP contribution in [0.25, 0.3) is 0 Å². The number of rotatable bonds is 7. The SMILES string of the molecule is CCN(CC(=O)Nc1ccc(NC(C)=O)cc1)C(=O)C[NH+]1C[C@@H](C)C[C@H](C)C1. The number of quaternary nitrogens is 1. The lowest BCUT2D eigenvalue weighted by Crippen LogP contribution is -3.15. The zero-order valence-corrected chi connectivity index (χ0v) is 17.4. The molecule has 1 aliphatic rings. The topological polar surface area (TPSA) is 83.0 Å². The van der Waals surface area contributed by atoms with Crippen LogP contribution in [-0.4, -0.2) is 55.3 Å². The fourth-order valence-corrected chi connectivity index (χ4v) is 3.98. The van der Waals surface area contributed by atoms with Gasteiger partial charge in [-0.2, -0.15) is 0 Å². The van der Waals surface area contributed by atoms with E-state index in [1.165, 1.54) is 18.2 Å². The van der Waals surface area contributed by atoms with E-state index < -0.39 is 0 Å². The molecular weight excluding hydrogens is 356 g/mol. The number of carbonyl (C=O) groups excluding carboxylic acids is 3. The minimum Gasteiger partial charge on any atom is -0.329 e. The molecule has 0 spiro atoms. The number of likely N-dealkylation sites (tertiary alicyclic amines) is 1. The average molecular weight is 390 g/mol. The van der Waals surface area contributed by atoms with Crippen molar-refractivity contribution in [3.63, 3.8) is 0 Å². The molecule has 1 aliphatic heterocycles. The second kappa shape index (κ2) is 10.2. The van der Waals surface area contributed by atoms with Crippen LogP contribution >= 0.6 is 0 Å². The Hall–Kier alpha value is -2.41. The Bertz CT molecular complexity index is 679. The molecular formula is C21H33N4O3+. The summed E-state index contributed by atoms with van der Waals surface area (Å²) >= 11 is 0. The second-order valence-electron chi connectivity index (χ2n) is 8.00. The minimum atomic E-state index is -0.224. The first-order valence-corrected chi connectivity index (χ1v) is 10.1. The first-order chi connectivity index (χ1) is 13.3. The van der Waals surface area contributed by atoms with Gasteiger partial charge in [-0.3, -0.25) is 14.4 Å². The molecule has 7 heteroatoms. The van der Waals surface area contributed by atoms with Gasteiger partial charge in [0.25, 0.3) is 5.91 Å². The van der Waals surface area contributed by atoms with Crippen molar-refractivity contribution in [2.45, 2.75) is 34.1 Å². The van der Waals surface area contributed by atoms with Gasteiger partial charge in [-0.1, -0.05) is 13.8 Å². The highest BCUT2D eigenvalue weighted by atomic mass is 16.2. The zero-order valence-electron chi connectivity index (χ0n) is 17.4. The van der Waals surface area contributed by atoms with Crippen molar-refractivity contribution < 1.29 is 19.3 Å². The number of anilines is 2. The number of piperidine rings is 1. The van der Waals surface area contributed by atoms with Gasteiger partial charge < -0.3 is 20.4 Å². The molecule has 1 heterocycles. The summed E-state index contributed by atoms with van der Waals surface area (Å²) in [5.74, 6) is 0.914. The minimum absolute atomic E-state index is 0.0231. The molecule has 0 aliphatic carbocycles. The van der Waals surface area contributed by atoms with Crippen LogP contribution in [-0.2, 0) is 14.4 Å². The Morgan fingerprint density at radius 1 is 1.04 bits per heavy atom. The summed E-state index contributed by atoms with van der Waals surface area (Å²) in [6.45, 7) is 10.8. The van der Waals surface area contributed by atoms with E-state index >= 15 is 0 Å². The van der Waals surface area contributed by atoms with Gasteiger partial charge in [0.05, 0.1) is 13.1 Å². The van der Waals surface area contributed by atoms with Crippen LogP contribution in [0.15, 0.2) is 24.3 Å². The molecule has 1 saturated heterocycles. The summed E-state index contributed by atoms with van der Waals surface area (Å²) in [4.78, 5) is 39.0. The number of hydrogen-bond acceptors (Lipinski definition) is 3. The Kier molecular flexibility index (Phi) is 7.99. The monoisotopic (exact) mass is 389 g/mol. The van der Waals surface area contributed by atoms with Crippen LogP contribution in [0.1, 0.15) is 34.1 Å². The van der Waals surface area contributed by atoms with Crippen LogP contribution < -0.4 is 15.5 Å². The lowest BCUT2D eigenvalue weighted by Gasteiger charge is -2.32. The fourth-order valence-electron chi connectivity index (χ4n) is 3.98. The number of amides is 3. The molecule has 0 unspecified atom stereocenters. The molecule has 0 saturated carbocycles. The van der Waals surface area contributed by atoms with E-state index in [1.54, 1.807) is 29.2 Å². The largest absolute Gasteiger partial charge is 0.329 e. The van der Waals surface area contributed by atoms with E-state index in [0.29, 0.717) is 36.3 Å². The van der Waals surface area contributed by atoms with Crippen molar-refractivity contribution in [2.24, 2.45) is 11.8 Å². The Morgan fingerprint density at radius 2 is 1.57 bits per heavy atom. The van der Waals surface area contributed by atoms with Crippen molar-refractivity contribution in [3.8, 4) is 0 Å². The first-order valence-electron chi connectivity index (χ1n) is 10.1. The predicted molar refractivity (Wildman–Crippen MR) is 110 cm³/mol.